The van der Waals surface area contributed by atoms with Gasteiger partial charge in [-0.05, 0) is 55.3 Å². The number of aryl methyl sites for hydroxylation is 2. The summed E-state index contributed by atoms with van der Waals surface area (Å²) < 4.78 is 10.8. The van der Waals surface area contributed by atoms with Crippen LogP contribution in [0.25, 0.3) is 0 Å². The summed E-state index contributed by atoms with van der Waals surface area (Å²) in [4.78, 5) is 28.0. The molecule has 0 saturated carbocycles. The molecule has 0 radical (unpaired) electrons. The molecule has 0 atom stereocenters. The number of nitrogens with one attached hydrogen (secondary N) is 1. The van der Waals surface area contributed by atoms with E-state index in [9.17, 15) is 9.59 Å². The lowest BCUT2D eigenvalue weighted by atomic mass is 10.1. The van der Waals surface area contributed by atoms with E-state index in [2.05, 4.69) is 10.3 Å². The molecule has 0 aliphatic rings. The van der Waals surface area contributed by atoms with Gasteiger partial charge in [-0.1, -0.05) is 23.7 Å². The molecular weight excluding hydrogens is 392 g/mol. The third-order valence-corrected chi connectivity index (χ3v) is 4.61. The molecule has 3 aromatic rings. The Balaban J connectivity index is 1.71. The number of nitrogens with zero attached hydrogens (tertiary/aromatic N) is 1. The fourth-order valence-electron chi connectivity index (χ4n) is 2.70. The highest BCUT2D eigenvalue weighted by Gasteiger charge is 2.14. The fraction of sp³-hybridized carbons (Fsp3) is 0.136. The number of carbonyl (C=O) groups excluding carboxylic acids is 2. The Morgan fingerprint density at radius 2 is 1.72 bits per heavy atom. The van der Waals surface area contributed by atoms with Crippen LogP contribution >= 0.6 is 11.6 Å². The number of ether oxygens (including phenoxy) is 2. The van der Waals surface area contributed by atoms with E-state index in [-0.39, 0.29) is 11.3 Å². The van der Waals surface area contributed by atoms with Gasteiger partial charge in [-0.15, -0.1) is 0 Å². The lowest BCUT2D eigenvalue weighted by molar-refractivity contribution is -0.131. The van der Waals surface area contributed by atoms with Gasteiger partial charge in [-0.25, -0.2) is 4.98 Å². The molecule has 2 aromatic carbocycles. The van der Waals surface area contributed by atoms with Gasteiger partial charge >= 0.3 is 5.97 Å². The minimum Gasteiger partial charge on any atom is -0.439 e. The van der Waals surface area contributed by atoms with Gasteiger partial charge in [-0.3, -0.25) is 9.59 Å². The summed E-state index contributed by atoms with van der Waals surface area (Å²) in [5.41, 5.74) is 2.55. The van der Waals surface area contributed by atoms with Gasteiger partial charge in [0.2, 0.25) is 5.88 Å². The first-order valence-corrected chi connectivity index (χ1v) is 9.20. The molecule has 1 amide bonds. The van der Waals surface area contributed by atoms with Crippen molar-refractivity contribution in [2.24, 2.45) is 0 Å². The van der Waals surface area contributed by atoms with Crippen molar-refractivity contribution in [1.82, 2.24) is 4.98 Å². The number of para-hydroxylation sites is 1. The smallest absolute Gasteiger partial charge is 0.308 e. The maximum Gasteiger partial charge on any atom is 0.308 e. The van der Waals surface area contributed by atoms with E-state index < -0.39 is 11.9 Å². The number of anilines is 1. The van der Waals surface area contributed by atoms with E-state index in [4.69, 9.17) is 21.1 Å². The molecule has 7 heteroatoms. The normalized spacial score (nSPS) is 10.3. The van der Waals surface area contributed by atoms with E-state index in [0.717, 1.165) is 11.1 Å². The number of halogens is 1. The number of amides is 1. The van der Waals surface area contributed by atoms with E-state index >= 15 is 0 Å². The highest BCUT2D eigenvalue weighted by molar-refractivity contribution is 6.32. The van der Waals surface area contributed by atoms with Crippen molar-refractivity contribution in [2.45, 2.75) is 20.8 Å². The van der Waals surface area contributed by atoms with Crippen molar-refractivity contribution in [3.63, 3.8) is 0 Å². The first kappa shape index (κ1) is 20.4. The molecule has 0 saturated heterocycles. The third-order valence-electron chi connectivity index (χ3n) is 4.01. The lowest BCUT2D eigenvalue weighted by Gasteiger charge is -2.11. The van der Waals surface area contributed by atoms with E-state index in [1.165, 1.54) is 13.1 Å². The molecule has 0 bridgehead atoms. The van der Waals surface area contributed by atoms with Gasteiger partial charge < -0.3 is 14.8 Å². The standard InChI is InChI=1S/C22H19ClN2O4/c1-13-10-17(11-14(2)21(13)23)29-20-9-8-16(12-24-20)25-22(27)18-6-4-5-7-19(18)28-15(3)26/h4-12H,1-3H3,(H,25,27). The van der Waals surface area contributed by atoms with Crippen molar-refractivity contribution >= 4 is 29.2 Å². The second kappa shape index (κ2) is 8.75. The van der Waals surface area contributed by atoms with Gasteiger partial charge in [0, 0.05) is 18.0 Å². The van der Waals surface area contributed by atoms with Crippen molar-refractivity contribution in [1.29, 1.82) is 0 Å². The maximum atomic E-state index is 12.5. The fourth-order valence-corrected chi connectivity index (χ4v) is 2.81. The number of hydrogen-bond donors (Lipinski definition) is 1. The number of hydrogen-bond acceptors (Lipinski definition) is 5. The molecule has 0 aliphatic carbocycles. The first-order chi connectivity index (χ1) is 13.8. The van der Waals surface area contributed by atoms with Crippen LogP contribution in [0.15, 0.2) is 54.7 Å². The van der Waals surface area contributed by atoms with Gasteiger partial charge in [0.1, 0.15) is 11.5 Å². The van der Waals surface area contributed by atoms with Crippen LogP contribution < -0.4 is 14.8 Å². The van der Waals surface area contributed by atoms with Crippen LogP contribution in [0.5, 0.6) is 17.4 Å². The summed E-state index contributed by atoms with van der Waals surface area (Å²) >= 11 is 6.17. The minimum atomic E-state index is -0.499. The lowest BCUT2D eigenvalue weighted by Crippen LogP contribution is -2.15. The van der Waals surface area contributed by atoms with Crippen LogP contribution in [-0.4, -0.2) is 16.9 Å². The highest BCUT2D eigenvalue weighted by atomic mass is 35.5. The number of esters is 1. The number of carbonyl (C=O) groups is 2. The van der Waals surface area contributed by atoms with Crippen LogP contribution in [0, 0.1) is 13.8 Å². The Kier molecular flexibility index (Phi) is 6.14. The zero-order chi connectivity index (χ0) is 21.0. The molecule has 1 aromatic heterocycles. The average molecular weight is 411 g/mol. The maximum absolute atomic E-state index is 12.5. The van der Waals surface area contributed by atoms with E-state index in [0.29, 0.717) is 22.3 Å². The number of aromatic nitrogens is 1. The Morgan fingerprint density at radius 3 is 2.34 bits per heavy atom. The van der Waals surface area contributed by atoms with Gasteiger partial charge in [0.15, 0.2) is 0 Å². The predicted octanol–water partition coefficient (Wildman–Crippen LogP) is 5.32. The van der Waals surface area contributed by atoms with Crippen molar-refractivity contribution in [3.8, 4) is 17.4 Å². The Labute approximate surface area is 173 Å². The Morgan fingerprint density at radius 1 is 1.03 bits per heavy atom. The van der Waals surface area contributed by atoms with Gasteiger partial charge in [0.25, 0.3) is 5.91 Å². The van der Waals surface area contributed by atoms with Crippen LogP contribution in [0.2, 0.25) is 5.02 Å². The molecule has 3 rings (SSSR count). The van der Waals surface area contributed by atoms with Crippen molar-refractivity contribution in [2.75, 3.05) is 5.32 Å². The monoisotopic (exact) mass is 410 g/mol. The molecule has 0 aliphatic heterocycles. The molecule has 0 unspecified atom stereocenters. The van der Waals surface area contributed by atoms with Crippen LogP contribution in [0.1, 0.15) is 28.4 Å². The first-order valence-electron chi connectivity index (χ1n) is 8.83. The number of pyridine rings is 1. The minimum absolute atomic E-state index is 0.193. The third kappa shape index (κ3) is 5.12. The summed E-state index contributed by atoms with van der Waals surface area (Å²) in [7, 11) is 0. The van der Waals surface area contributed by atoms with Crippen molar-refractivity contribution in [3.05, 3.63) is 76.4 Å². The molecule has 1 N–H and O–H groups in total. The Hall–Kier alpha value is -3.38. The van der Waals surface area contributed by atoms with Gasteiger partial charge in [0.05, 0.1) is 17.4 Å². The van der Waals surface area contributed by atoms with E-state index in [1.54, 1.807) is 36.4 Å². The summed E-state index contributed by atoms with van der Waals surface area (Å²) in [6, 6.07) is 13.5. The molecule has 6 nitrogen and oxygen atoms in total. The number of benzene rings is 2. The van der Waals surface area contributed by atoms with Crippen LogP contribution in [0.4, 0.5) is 5.69 Å². The summed E-state index contributed by atoms with van der Waals surface area (Å²) in [6.45, 7) is 5.09. The van der Waals surface area contributed by atoms with Crippen LogP contribution in [0.3, 0.4) is 0 Å². The second-order valence-corrected chi connectivity index (χ2v) is 6.78. The molecule has 29 heavy (non-hydrogen) atoms. The zero-order valence-corrected chi connectivity index (χ0v) is 16.9. The molecule has 148 valence electrons. The molecule has 0 spiro atoms. The molecular formula is C22H19ClN2O4. The van der Waals surface area contributed by atoms with E-state index in [1.807, 2.05) is 26.0 Å². The number of rotatable bonds is 5. The Bertz CT molecular complexity index is 1040. The summed E-state index contributed by atoms with van der Waals surface area (Å²) in [6.07, 6.45) is 1.48. The second-order valence-electron chi connectivity index (χ2n) is 6.40. The summed E-state index contributed by atoms with van der Waals surface area (Å²) in [5, 5.41) is 3.43. The quantitative estimate of drug-likeness (QED) is 0.455. The van der Waals surface area contributed by atoms with Crippen LogP contribution in [-0.2, 0) is 4.79 Å². The van der Waals surface area contributed by atoms with Gasteiger partial charge in [-0.2, -0.15) is 0 Å². The predicted molar refractivity (Wildman–Crippen MR) is 111 cm³/mol. The molecule has 0 fully saturated rings. The molecule has 1 heterocycles. The zero-order valence-electron chi connectivity index (χ0n) is 16.2. The average Bonchev–Trinajstić information content (AvgIpc) is 2.67. The summed E-state index contributed by atoms with van der Waals surface area (Å²) in [5.74, 6) is 0.287. The SMILES string of the molecule is CC(=O)Oc1ccccc1C(=O)Nc1ccc(Oc2cc(C)c(Cl)c(C)c2)nc1. The van der Waals surface area contributed by atoms with Crippen molar-refractivity contribution < 1.29 is 19.1 Å². The largest absolute Gasteiger partial charge is 0.439 e. The topological polar surface area (TPSA) is 77.5 Å². The highest BCUT2D eigenvalue weighted by Crippen LogP contribution is 2.29.